The Morgan fingerprint density at radius 3 is 2.63 bits per heavy atom. The molecule has 3 aromatic rings. The summed E-state index contributed by atoms with van der Waals surface area (Å²) in [7, 11) is 0. The van der Waals surface area contributed by atoms with Crippen LogP contribution in [0.15, 0.2) is 47.5 Å². The van der Waals surface area contributed by atoms with Crippen LogP contribution in [-0.2, 0) is 13.1 Å². The Morgan fingerprint density at radius 1 is 1.17 bits per heavy atom. The topological polar surface area (TPSA) is 113 Å². The van der Waals surface area contributed by atoms with Gasteiger partial charge in [-0.15, -0.1) is 0 Å². The molecule has 1 aliphatic rings. The van der Waals surface area contributed by atoms with Crippen LogP contribution in [0.4, 0.5) is 4.79 Å². The molecule has 30 heavy (non-hydrogen) atoms. The number of aliphatic imine (C=N–C) groups is 1. The number of fused-ring (bicyclic) bond motifs is 3. The van der Waals surface area contributed by atoms with E-state index in [2.05, 4.69) is 15.3 Å². The molecule has 0 fully saturated rings. The molecule has 9 heteroatoms. The minimum atomic E-state index is -0.151. The Kier molecular flexibility index (Phi) is 5.74. The van der Waals surface area contributed by atoms with E-state index in [4.69, 9.17) is 34.7 Å². The first-order chi connectivity index (χ1) is 14.4. The highest BCUT2D eigenvalue weighted by atomic mass is 35.5. The summed E-state index contributed by atoms with van der Waals surface area (Å²) in [5, 5.41) is 5.33. The van der Waals surface area contributed by atoms with E-state index in [0.29, 0.717) is 36.2 Å². The van der Waals surface area contributed by atoms with Crippen LogP contribution in [0.2, 0.25) is 10.0 Å². The number of benzene rings is 2. The second kappa shape index (κ2) is 8.45. The molecule has 2 aromatic carbocycles. The number of aromatic nitrogens is 1. The van der Waals surface area contributed by atoms with Crippen molar-refractivity contribution in [3.05, 3.63) is 69.3 Å². The Morgan fingerprint density at radius 2 is 1.90 bits per heavy atom. The van der Waals surface area contributed by atoms with Gasteiger partial charge in [0, 0.05) is 45.6 Å². The van der Waals surface area contributed by atoms with Crippen LogP contribution in [0.5, 0.6) is 0 Å². The molecule has 1 atom stereocenters. The number of nitrogens with two attached hydrogens (primary N) is 2. The van der Waals surface area contributed by atoms with E-state index in [1.165, 1.54) is 0 Å². The van der Waals surface area contributed by atoms with Gasteiger partial charge in [-0.3, -0.25) is 4.99 Å². The van der Waals surface area contributed by atoms with Gasteiger partial charge < -0.3 is 26.7 Å². The lowest BCUT2D eigenvalue weighted by molar-refractivity contribution is 0.185. The van der Waals surface area contributed by atoms with Gasteiger partial charge in [0.05, 0.1) is 13.1 Å². The van der Waals surface area contributed by atoms with Crippen LogP contribution >= 0.6 is 23.2 Å². The fourth-order valence-electron chi connectivity index (χ4n) is 3.86. The lowest BCUT2D eigenvalue weighted by Crippen LogP contribution is -2.44. The maximum Gasteiger partial charge on any atom is 0.318 e. The molecule has 0 aliphatic carbocycles. The summed E-state index contributed by atoms with van der Waals surface area (Å²) < 4.78 is 0. The molecular formula is C21H22Cl2N6O. The highest BCUT2D eigenvalue weighted by Crippen LogP contribution is 2.36. The molecule has 2 amide bonds. The molecule has 0 saturated carbocycles. The molecule has 6 N–H and O–H groups in total. The van der Waals surface area contributed by atoms with Crippen LogP contribution in [0, 0.1) is 0 Å². The largest absolute Gasteiger partial charge is 0.370 e. The van der Waals surface area contributed by atoms with E-state index < -0.39 is 0 Å². The predicted octanol–water partition coefficient (Wildman–Crippen LogP) is 3.56. The molecule has 156 valence electrons. The number of H-pyrrole nitrogens is 1. The van der Waals surface area contributed by atoms with Crippen LogP contribution < -0.4 is 16.8 Å². The number of rotatable bonds is 4. The number of hydrogen-bond donors (Lipinski definition) is 4. The van der Waals surface area contributed by atoms with Crippen molar-refractivity contribution in [2.24, 2.45) is 16.5 Å². The Hall–Kier alpha value is -2.90. The summed E-state index contributed by atoms with van der Waals surface area (Å²) in [4.78, 5) is 22.3. The van der Waals surface area contributed by atoms with E-state index in [9.17, 15) is 4.79 Å². The van der Waals surface area contributed by atoms with Crippen LogP contribution in [0.25, 0.3) is 10.9 Å². The summed E-state index contributed by atoms with van der Waals surface area (Å²) in [6, 6.07) is 13.0. The summed E-state index contributed by atoms with van der Waals surface area (Å²) in [6.07, 6.45) is 0. The van der Waals surface area contributed by atoms with Crippen LogP contribution in [-0.4, -0.2) is 35.0 Å². The van der Waals surface area contributed by atoms with Crippen LogP contribution in [0.1, 0.15) is 22.7 Å². The summed E-state index contributed by atoms with van der Waals surface area (Å²) >= 11 is 12.1. The number of guanidine groups is 1. The Balaban J connectivity index is 1.57. The number of nitrogens with zero attached hydrogens (tertiary/aromatic N) is 2. The van der Waals surface area contributed by atoms with E-state index in [1.807, 2.05) is 30.3 Å². The first kappa shape index (κ1) is 20.4. The normalized spacial score (nSPS) is 15.7. The summed E-state index contributed by atoms with van der Waals surface area (Å²) in [5.41, 5.74) is 15.1. The summed E-state index contributed by atoms with van der Waals surface area (Å²) in [5.74, 6) is -0.0249. The third-order valence-electron chi connectivity index (χ3n) is 5.22. The zero-order chi connectivity index (χ0) is 21.3. The number of amides is 2. The number of hydrogen-bond acceptors (Lipinski definition) is 2. The summed E-state index contributed by atoms with van der Waals surface area (Å²) in [6.45, 7) is 1.76. The van der Waals surface area contributed by atoms with Crippen molar-refractivity contribution in [1.82, 2.24) is 15.2 Å². The number of aromatic amines is 1. The minimum absolute atomic E-state index is 0.0266. The smallest absolute Gasteiger partial charge is 0.318 e. The van der Waals surface area contributed by atoms with Crippen molar-refractivity contribution in [2.45, 2.75) is 19.0 Å². The van der Waals surface area contributed by atoms with Crippen molar-refractivity contribution in [3.8, 4) is 0 Å². The Bertz CT molecular complexity index is 1100. The number of carbonyl (C=O) groups excluding carboxylic acids is 1. The van der Waals surface area contributed by atoms with Crippen LogP contribution in [0.3, 0.4) is 0 Å². The molecule has 0 saturated heterocycles. The molecule has 2 heterocycles. The van der Waals surface area contributed by atoms with Crippen molar-refractivity contribution in [3.63, 3.8) is 0 Å². The highest BCUT2D eigenvalue weighted by molar-refractivity contribution is 6.31. The maximum absolute atomic E-state index is 12.9. The average molecular weight is 445 g/mol. The van der Waals surface area contributed by atoms with Gasteiger partial charge in [0.1, 0.15) is 0 Å². The fourth-order valence-corrected chi connectivity index (χ4v) is 4.15. The molecule has 0 spiro atoms. The lowest BCUT2D eigenvalue weighted by atomic mass is 9.92. The molecular weight excluding hydrogens is 423 g/mol. The van der Waals surface area contributed by atoms with E-state index in [0.717, 1.165) is 27.7 Å². The van der Waals surface area contributed by atoms with Gasteiger partial charge >= 0.3 is 6.03 Å². The second-order valence-electron chi connectivity index (χ2n) is 7.34. The van der Waals surface area contributed by atoms with E-state index in [-0.39, 0.29) is 17.9 Å². The van der Waals surface area contributed by atoms with Gasteiger partial charge in [-0.25, -0.2) is 4.79 Å². The highest BCUT2D eigenvalue weighted by Gasteiger charge is 2.31. The molecule has 4 rings (SSSR count). The van der Waals surface area contributed by atoms with E-state index >= 15 is 0 Å². The average Bonchev–Trinajstić information content (AvgIpc) is 3.09. The van der Waals surface area contributed by atoms with Gasteiger partial charge in [0.15, 0.2) is 5.96 Å². The van der Waals surface area contributed by atoms with Crippen molar-refractivity contribution >= 4 is 46.1 Å². The fraction of sp³-hybridized carbons (Fsp3) is 0.238. The van der Waals surface area contributed by atoms with Crippen molar-refractivity contribution in [2.75, 3.05) is 13.1 Å². The third-order valence-corrected chi connectivity index (χ3v) is 5.71. The standard InChI is InChI=1S/C21H22Cl2N6O/c22-14-3-1-12(2-4-14)8-27-21(30)29-10-13(9-26-20(24)25)19-16-7-15(23)5-6-17(16)28-18(19)11-29/h1-7,13,28H,8-11H2,(H,27,30)(H4,24,25,26). The van der Waals surface area contributed by atoms with Gasteiger partial charge in [-0.05, 0) is 41.5 Å². The number of halogens is 2. The molecule has 0 radical (unpaired) electrons. The van der Waals surface area contributed by atoms with E-state index in [1.54, 1.807) is 17.0 Å². The predicted molar refractivity (Wildman–Crippen MR) is 121 cm³/mol. The zero-order valence-electron chi connectivity index (χ0n) is 16.2. The number of carbonyl (C=O) groups is 1. The molecule has 1 unspecified atom stereocenters. The first-order valence-corrected chi connectivity index (χ1v) is 10.3. The minimum Gasteiger partial charge on any atom is -0.370 e. The lowest BCUT2D eigenvalue weighted by Gasteiger charge is -2.32. The van der Waals surface area contributed by atoms with Crippen molar-refractivity contribution < 1.29 is 4.79 Å². The van der Waals surface area contributed by atoms with Gasteiger partial charge in [0.2, 0.25) is 0 Å². The van der Waals surface area contributed by atoms with Gasteiger partial charge in [-0.1, -0.05) is 35.3 Å². The number of urea groups is 1. The van der Waals surface area contributed by atoms with Gasteiger partial charge in [0.25, 0.3) is 0 Å². The molecule has 1 aliphatic heterocycles. The van der Waals surface area contributed by atoms with Gasteiger partial charge in [-0.2, -0.15) is 0 Å². The second-order valence-corrected chi connectivity index (χ2v) is 8.21. The Labute approximate surface area is 184 Å². The quantitative estimate of drug-likeness (QED) is 0.364. The monoisotopic (exact) mass is 444 g/mol. The first-order valence-electron chi connectivity index (χ1n) is 9.53. The SMILES string of the molecule is NC(N)=NCC1CN(C(=O)NCc2ccc(Cl)cc2)Cc2[nH]c3ccc(Cl)cc3c21. The zero-order valence-corrected chi connectivity index (χ0v) is 17.7. The number of nitrogens with one attached hydrogen (secondary N) is 2. The molecule has 1 aromatic heterocycles. The molecule has 0 bridgehead atoms. The maximum atomic E-state index is 12.9. The van der Waals surface area contributed by atoms with Crippen molar-refractivity contribution in [1.29, 1.82) is 0 Å². The molecule has 7 nitrogen and oxygen atoms in total. The third kappa shape index (κ3) is 4.32.